The van der Waals surface area contributed by atoms with Crippen LogP contribution in [-0.2, 0) is 11.2 Å². The van der Waals surface area contributed by atoms with Gasteiger partial charge in [0.15, 0.2) is 0 Å². The average molecular weight is 395 g/mol. The van der Waals surface area contributed by atoms with E-state index in [4.69, 9.17) is 18.6 Å². The van der Waals surface area contributed by atoms with Crippen molar-refractivity contribution in [3.05, 3.63) is 53.8 Å². The summed E-state index contributed by atoms with van der Waals surface area (Å²) in [7, 11) is 4.89. The summed E-state index contributed by atoms with van der Waals surface area (Å²) in [6, 6.07) is 11.4. The van der Waals surface area contributed by atoms with Crippen molar-refractivity contribution in [2.75, 3.05) is 27.9 Å². The summed E-state index contributed by atoms with van der Waals surface area (Å²) in [4.78, 5) is 15.1. The molecule has 2 heterocycles. The standard InChI is InChI=1S/C23H25NO5/c1-26-16-7-9-19(21(12-16)28-3)20-5-4-10-24(20)23(25)11-15-14-29-22-13-17(27-2)6-8-18(15)22/h6-9,12-14,20H,4-5,10-11H2,1-3H3. The van der Waals surface area contributed by atoms with Gasteiger partial charge in [-0.1, -0.05) is 0 Å². The van der Waals surface area contributed by atoms with Crippen molar-refractivity contribution in [2.45, 2.75) is 25.3 Å². The molecule has 0 spiro atoms. The first-order valence-corrected chi connectivity index (χ1v) is 9.70. The van der Waals surface area contributed by atoms with Gasteiger partial charge in [-0.2, -0.15) is 0 Å². The number of methoxy groups -OCH3 is 3. The largest absolute Gasteiger partial charge is 0.497 e. The average Bonchev–Trinajstić information content (AvgIpc) is 3.40. The number of furan rings is 1. The lowest BCUT2D eigenvalue weighted by atomic mass is 10.0. The molecule has 1 atom stereocenters. The Morgan fingerprint density at radius 1 is 1.07 bits per heavy atom. The van der Waals surface area contributed by atoms with E-state index in [1.807, 2.05) is 41.3 Å². The Morgan fingerprint density at radius 2 is 1.83 bits per heavy atom. The molecule has 6 nitrogen and oxygen atoms in total. The minimum Gasteiger partial charge on any atom is -0.497 e. The lowest BCUT2D eigenvalue weighted by Gasteiger charge is -2.26. The van der Waals surface area contributed by atoms with Crippen molar-refractivity contribution in [1.29, 1.82) is 0 Å². The number of hydrogen-bond acceptors (Lipinski definition) is 5. The molecule has 3 aromatic rings. The Bertz CT molecular complexity index is 1030. The van der Waals surface area contributed by atoms with E-state index in [0.29, 0.717) is 6.42 Å². The molecule has 1 fully saturated rings. The van der Waals surface area contributed by atoms with E-state index in [9.17, 15) is 4.79 Å². The van der Waals surface area contributed by atoms with Gasteiger partial charge >= 0.3 is 0 Å². The topological polar surface area (TPSA) is 61.1 Å². The summed E-state index contributed by atoms with van der Waals surface area (Å²) >= 11 is 0. The third-order valence-corrected chi connectivity index (χ3v) is 5.58. The first-order valence-electron chi connectivity index (χ1n) is 9.70. The fraction of sp³-hybridized carbons (Fsp3) is 0.348. The summed E-state index contributed by atoms with van der Waals surface area (Å²) in [5, 5.41) is 0.942. The number of benzene rings is 2. The van der Waals surface area contributed by atoms with Gasteiger partial charge in [0.1, 0.15) is 22.8 Å². The van der Waals surface area contributed by atoms with E-state index in [2.05, 4.69) is 0 Å². The first kappa shape index (κ1) is 19.2. The third kappa shape index (κ3) is 3.62. The van der Waals surface area contributed by atoms with Crippen LogP contribution in [0.2, 0.25) is 0 Å². The van der Waals surface area contributed by atoms with Crippen molar-refractivity contribution in [2.24, 2.45) is 0 Å². The summed E-state index contributed by atoms with van der Waals surface area (Å²) in [6.45, 7) is 0.738. The Labute approximate surface area is 170 Å². The van der Waals surface area contributed by atoms with Crippen molar-refractivity contribution in [3.63, 3.8) is 0 Å². The smallest absolute Gasteiger partial charge is 0.227 e. The van der Waals surface area contributed by atoms with Crippen LogP contribution < -0.4 is 14.2 Å². The number of amides is 1. The highest BCUT2D eigenvalue weighted by Gasteiger charge is 2.32. The van der Waals surface area contributed by atoms with Crippen LogP contribution in [0.5, 0.6) is 17.2 Å². The molecule has 0 radical (unpaired) electrons. The van der Waals surface area contributed by atoms with Crippen molar-refractivity contribution >= 4 is 16.9 Å². The minimum atomic E-state index is 0.00150. The maximum absolute atomic E-state index is 13.2. The molecule has 1 aliphatic rings. The van der Waals surface area contributed by atoms with Gasteiger partial charge in [-0.25, -0.2) is 0 Å². The second kappa shape index (κ2) is 8.07. The predicted octanol–water partition coefficient (Wildman–Crippen LogP) is 4.36. The van der Waals surface area contributed by atoms with Crippen molar-refractivity contribution < 1.29 is 23.4 Å². The van der Waals surface area contributed by atoms with Gasteiger partial charge in [-0.3, -0.25) is 4.79 Å². The highest BCUT2D eigenvalue weighted by molar-refractivity contribution is 5.88. The van der Waals surface area contributed by atoms with E-state index in [-0.39, 0.29) is 11.9 Å². The van der Waals surface area contributed by atoms with Crippen LogP contribution in [0.15, 0.2) is 47.1 Å². The molecular weight excluding hydrogens is 370 g/mol. The lowest BCUT2D eigenvalue weighted by molar-refractivity contribution is -0.131. The van der Waals surface area contributed by atoms with Gasteiger partial charge in [0.05, 0.1) is 40.1 Å². The zero-order valence-corrected chi connectivity index (χ0v) is 16.9. The van der Waals surface area contributed by atoms with Crippen molar-refractivity contribution in [3.8, 4) is 17.2 Å². The van der Waals surface area contributed by atoms with Crippen LogP contribution in [0.3, 0.4) is 0 Å². The van der Waals surface area contributed by atoms with E-state index in [1.165, 1.54) is 0 Å². The zero-order chi connectivity index (χ0) is 20.4. The number of carbonyl (C=O) groups excluding carboxylic acids is 1. The van der Waals surface area contributed by atoms with E-state index < -0.39 is 0 Å². The van der Waals surface area contributed by atoms with Crippen LogP contribution in [0.1, 0.15) is 30.0 Å². The molecular formula is C23H25NO5. The Hall–Kier alpha value is -3.15. The molecule has 1 aromatic heterocycles. The molecule has 0 N–H and O–H groups in total. The van der Waals surface area contributed by atoms with Crippen LogP contribution in [-0.4, -0.2) is 38.7 Å². The van der Waals surface area contributed by atoms with Crippen LogP contribution in [0, 0.1) is 0 Å². The van der Waals surface area contributed by atoms with E-state index in [1.54, 1.807) is 27.6 Å². The molecule has 6 heteroatoms. The van der Waals surface area contributed by atoms with Crippen LogP contribution >= 0.6 is 0 Å². The fourth-order valence-corrected chi connectivity index (χ4v) is 4.07. The van der Waals surface area contributed by atoms with E-state index in [0.717, 1.165) is 58.7 Å². The zero-order valence-electron chi connectivity index (χ0n) is 16.9. The Kier molecular flexibility index (Phi) is 5.34. The van der Waals surface area contributed by atoms with Gasteiger partial charge in [-0.15, -0.1) is 0 Å². The van der Waals surface area contributed by atoms with Crippen LogP contribution in [0.4, 0.5) is 0 Å². The number of rotatable bonds is 6. The Morgan fingerprint density at radius 3 is 2.59 bits per heavy atom. The van der Waals surface area contributed by atoms with Gasteiger partial charge < -0.3 is 23.5 Å². The number of fused-ring (bicyclic) bond motifs is 1. The molecule has 1 unspecified atom stereocenters. The summed E-state index contributed by atoms with van der Waals surface area (Å²) in [5.74, 6) is 2.30. The first-order chi connectivity index (χ1) is 14.1. The third-order valence-electron chi connectivity index (χ3n) is 5.58. The molecule has 0 aliphatic carbocycles. The molecule has 1 amide bonds. The summed E-state index contributed by atoms with van der Waals surface area (Å²) < 4.78 is 21.7. The Balaban J connectivity index is 1.57. The maximum Gasteiger partial charge on any atom is 0.227 e. The highest BCUT2D eigenvalue weighted by atomic mass is 16.5. The number of hydrogen-bond donors (Lipinski definition) is 0. The predicted molar refractivity (Wildman–Crippen MR) is 110 cm³/mol. The van der Waals surface area contributed by atoms with Crippen LogP contribution in [0.25, 0.3) is 11.0 Å². The molecule has 4 rings (SSSR count). The SMILES string of the molecule is COc1ccc(C2CCCN2C(=O)Cc2coc3cc(OC)ccc23)c(OC)c1. The van der Waals surface area contributed by atoms with Gasteiger partial charge in [0, 0.05) is 35.2 Å². The number of carbonyl (C=O) groups is 1. The van der Waals surface area contributed by atoms with E-state index >= 15 is 0 Å². The number of nitrogens with zero attached hydrogens (tertiary/aromatic N) is 1. The fourth-order valence-electron chi connectivity index (χ4n) is 4.07. The molecule has 1 saturated heterocycles. The summed E-state index contributed by atoms with van der Waals surface area (Å²) in [5.41, 5.74) is 2.63. The molecule has 0 saturated carbocycles. The second-order valence-corrected chi connectivity index (χ2v) is 7.15. The van der Waals surface area contributed by atoms with Gasteiger partial charge in [0.25, 0.3) is 0 Å². The number of likely N-dealkylation sites (tertiary alicyclic amines) is 1. The molecule has 29 heavy (non-hydrogen) atoms. The highest BCUT2D eigenvalue weighted by Crippen LogP contribution is 2.39. The second-order valence-electron chi connectivity index (χ2n) is 7.15. The minimum absolute atomic E-state index is 0.00150. The molecule has 152 valence electrons. The lowest BCUT2D eigenvalue weighted by Crippen LogP contribution is -2.32. The molecule has 2 aromatic carbocycles. The summed E-state index contributed by atoms with van der Waals surface area (Å²) in [6.07, 6.45) is 3.85. The normalized spacial score (nSPS) is 16.2. The monoisotopic (exact) mass is 395 g/mol. The maximum atomic E-state index is 13.2. The van der Waals surface area contributed by atoms with Crippen molar-refractivity contribution in [1.82, 2.24) is 4.90 Å². The van der Waals surface area contributed by atoms with Gasteiger partial charge in [0.2, 0.25) is 5.91 Å². The molecule has 1 aliphatic heterocycles. The molecule has 0 bridgehead atoms. The quantitative estimate of drug-likeness (QED) is 0.620. The van der Waals surface area contributed by atoms with Gasteiger partial charge in [-0.05, 0) is 37.1 Å². The number of ether oxygens (including phenoxy) is 3.